The van der Waals surface area contributed by atoms with E-state index < -0.39 is 0 Å². The van der Waals surface area contributed by atoms with E-state index >= 15 is 0 Å². The first kappa shape index (κ1) is 22.9. The molecule has 7 heteroatoms. The second-order valence-electron chi connectivity index (χ2n) is 7.42. The number of carbonyl (C=O) groups is 2. The van der Waals surface area contributed by atoms with Gasteiger partial charge in [0.1, 0.15) is 12.4 Å². The molecule has 0 fully saturated rings. The Balaban J connectivity index is 1.63. The molecule has 0 N–H and O–H groups in total. The number of furan rings is 1. The first-order valence-electron chi connectivity index (χ1n) is 10.4. The summed E-state index contributed by atoms with van der Waals surface area (Å²) in [6.07, 6.45) is 0. The van der Waals surface area contributed by atoms with Crippen molar-refractivity contribution in [3.05, 3.63) is 83.3 Å². The number of methoxy groups -OCH3 is 1. The van der Waals surface area contributed by atoms with E-state index in [0.717, 1.165) is 5.56 Å². The molecule has 0 spiro atoms. The van der Waals surface area contributed by atoms with Gasteiger partial charge in [0.25, 0.3) is 11.8 Å². The van der Waals surface area contributed by atoms with Gasteiger partial charge >= 0.3 is 0 Å². The van der Waals surface area contributed by atoms with Crippen LogP contribution >= 0.6 is 0 Å². The maximum absolute atomic E-state index is 12.9. The molecule has 0 saturated heterocycles. The maximum atomic E-state index is 12.9. The summed E-state index contributed by atoms with van der Waals surface area (Å²) in [6, 6.07) is 18.0. The Morgan fingerprint density at radius 1 is 0.906 bits per heavy atom. The fraction of sp³-hybridized carbons (Fsp3) is 0.280. The van der Waals surface area contributed by atoms with Gasteiger partial charge in [-0.2, -0.15) is 0 Å². The lowest BCUT2D eigenvalue weighted by atomic mass is 10.1. The van der Waals surface area contributed by atoms with Gasteiger partial charge in [0.05, 0.1) is 7.11 Å². The van der Waals surface area contributed by atoms with Crippen LogP contribution in [0.4, 0.5) is 0 Å². The van der Waals surface area contributed by atoms with E-state index in [1.807, 2.05) is 43.3 Å². The fourth-order valence-electron chi connectivity index (χ4n) is 3.17. The standard InChI is InChI=1S/C25H28N2O5/c1-5-27(16-18-10-12-19(13-11-18)24(28)26(2)3)25(29)23-15-14-20(32-23)17-31-22-9-7-6-8-21(22)30-4/h6-15H,5,16-17H2,1-4H3. The van der Waals surface area contributed by atoms with Crippen LogP contribution in [0.3, 0.4) is 0 Å². The molecule has 0 aliphatic heterocycles. The van der Waals surface area contributed by atoms with E-state index in [1.165, 1.54) is 4.90 Å². The highest BCUT2D eigenvalue weighted by Crippen LogP contribution is 2.27. The minimum atomic E-state index is -0.204. The Morgan fingerprint density at radius 2 is 1.59 bits per heavy atom. The SMILES string of the molecule is CCN(Cc1ccc(C(=O)N(C)C)cc1)C(=O)c1ccc(COc2ccccc2OC)o1. The second kappa shape index (κ2) is 10.5. The lowest BCUT2D eigenvalue weighted by molar-refractivity contribution is 0.0715. The van der Waals surface area contributed by atoms with Crippen molar-refractivity contribution in [2.24, 2.45) is 0 Å². The van der Waals surface area contributed by atoms with Gasteiger partial charge in [0, 0.05) is 32.7 Å². The average Bonchev–Trinajstić information content (AvgIpc) is 3.30. The number of nitrogens with zero attached hydrogens (tertiary/aromatic N) is 2. The fourth-order valence-corrected chi connectivity index (χ4v) is 3.17. The Morgan fingerprint density at radius 3 is 2.22 bits per heavy atom. The average molecular weight is 437 g/mol. The third kappa shape index (κ3) is 5.49. The van der Waals surface area contributed by atoms with Crippen molar-refractivity contribution in [2.75, 3.05) is 27.7 Å². The summed E-state index contributed by atoms with van der Waals surface area (Å²) in [7, 11) is 5.01. The number of carbonyl (C=O) groups excluding carboxylic acids is 2. The highest BCUT2D eigenvalue weighted by molar-refractivity contribution is 5.94. The Kier molecular flexibility index (Phi) is 7.54. The molecule has 168 valence electrons. The van der Waals surface area contributed by atoms with E-state index in [2.05, 4.69) is 0 Å². The largest absolute Gasteiger partial charge is 0.493 e. The molecule has 1 aromatic heterocycles. The third-order valence-corrected chi connectivity index (χ3v) is 4.96. The van der Waals surface area contributed by atoms with Gasteiger partial charge in [-0.25, -0.2) is 0 Å². The second-order valence-corrected chi connectivity index (χ2v) is 7.42. The molecule has 0 unspecified atom stereocenters. The van der Waals surface area contributed by atoms with Crippen LogP contribution in [0.2, 0.25) is 0 Å². The first-order valence-corrected chi connectivity index (χ1v) is 10.4. The van der Waals surface area contributed by atoms with Crippen molar-refractivity contribution in [1.82, 2.24) is 9.80 Å². The van der Waals surface area contributed by atoms with Gasteiger partial charge in [-0.15, -0.1) is 0 Å². The van der Waals surface area contributed by atoms with Gasteiger partial charge in [0.2, 0.25) is 0 Å². The number of rotatable bonds is 9. The highest BCUT2D eigenvalue weighted by atomic mass is 16.5. The van der Waals surface area contributed by atoms with Crippen LogP contribution in [0, 0.1) is 0 Å². The zero-order valence-electron chi connectivity index (χ0n) is 18.8. The summed E-state index contributed by atoms with van der Waals surface area (Å²) in [5.74, 6) is 1.77. The Labute approximate surface area is 188 Å². The van der Waals surface area contributed by atoms with E-state index in [0.29, 0.717) is 35.9 Å². The monoisotopic (exact) mass is 436 g/mol. The summed E-state index contributed by atoms with van der Waals surface area (Å²) < 4.78 is 16.8. The number of ether oxygens (including phenoxy) is 2. The quantitative estimate of drug-likeness (QED) is 0.502. The van der Waals surface area contributed by atoms with E-state index in [1.54, 1.807) is 50.4 Å². The van der Waals surface area contributed by atoms with Crippen molar-refractivity contribution >= 4 is 11.8 Å². The molecule has 0 aliphatic rings. The molecule has 7 nitrogen and oxygen atoms in total. The van der Waals surface area contributed by atoms with Crippen LogP contribution in [0.1, 0.15) is 39.2 Å². The van der Waals surface area contributed by atoms with Crippen LogP contribution in [-0.2, 0) is 13.2 Å². The molecule has 0 saturated carbocycles. The normalized spacial score (nSPS) is 10.5. The predicted molar refractivity (Wildman–Crippen MR) is 121 cm³/mol. The van der Waals surface area contributed by atoms with E-state index in [4.69, 9.17) is 13.9 Å². The van der Waals surface area contributed by atoms with E-state index in [-0.39, 0.29) is 24.2 Å². The number of amides is 2. The van der Waals surface area contributed by atoms with Crippen molar-refractivity contribution in [3.8, 4) is 11.5 Å². The molecule has 3 aromatic rings. The summed E-state index contributed by atoms with van der Waals surface area (Å²) in [6.45, 7) is 3.03. The lowest BCUT2D eigenvalue weighted by Gasteiger charge is -2.20. The van der Waals surface area contributed by atoms with Crippen molar-refractivity contribution < 1.29 is 23.5 Å². The van der Waals surface area contributed by atoms with Crippen LogP contribution < -0.4 is 9.47 Å². The van der Waals surface area contributed by atoms with Crippen LogP contribution in [0.5, 0.6) is 11.5 Å². The minimum Gasteiger partial charge on any atom is -0.493 e. The molecule has 2 aromatic carbocycles. The van der Waals surface area contributed by atoms with E-state index in [9.17, 15) is 9.59 Å². The molecule has 0 atom stereocenters. The zero-order chi connectivity index (χ0) is 23.1. The maximum Gasteiger partial charge on any atom is 0.289 e. The van der Waals surface area contributed by atoms with Gasteiger partial charge in [-0.1, -0.05) is 24.3 Å². The molecular weight excluding hydrogens is 408 g/mol. The predicted octanol–water partition coefficient (Wildman–Crippen LogP) is 4.23. The summed E-state index contributed by atoms with van der Waals surface area (Å²) in [4.78, 5) is 28.2. The van der Waals surface area contributed by atoms with Crippen LogP contribution in [-0.4, -0.2) is 49.4 Å². The van der Waals surface area contributed by atoms with Crippen molar-refractivity contribution in [3.63, 3.8) is 0 Å². The van der Waals surface area contributed by atoms with Crippen molar-refractivity contribution in [2.45, 2.75) is 20.1 Å². The number of hydrogen-bond donors (Lipinski definition) is 0. The molecule has 0 bridgehead atoms. The molecule has 0 aliphatic carbocycles. The molecular formula is C25H28N2O5. The van der Waals surface area contributed by atoms with Crippen LogP contribution in [0.25, 0.3) is 0 Å². The molecule has 32 heavy (non-hydrogen) atoms. The Hall–Kier alpha value is -3.74. The van der Waals surface area contributed by atoms with Gasteiger partial charge < -0.3 is 23.7 Å². The summed E-state index contributed by atoms with van der Waals surface area (Å²) in [5, 5.41) is 0. The highest BCUT2D eigenvalue weighted by Gasteiger charge is 2.19. The number of hydrogen-bond acceptors (Lipinski definition) is 5. The topological polar surface area (TPSA) is 72.2 Å². The lowest BCUT2D eigenvalue weighted by Crippen LogP contribution is -2.30. The first-order chi connectivity index (χ1) is 15.4. The number of para-hydroxylation sites is 2. The Bertz CT molecular complexity index is 1060. The van der Waals surface area contributed by atoms with Gasteiger partial charge in [0.15, 0.2) is 17.3 Å². The third-order valence-electron chi connectivity index (χ3n) is 4.96. The van der Waals surface area contributed by atoms with Crippen LogP contribution in [0.15, 0.2) is 65.1 Å². The zero-order valence-corrected chi connectivity index (χ0v) is 18.8. The molecule has 3 rings (SSSR count). The van der Waals surface area contributed by atoms with Gasteiger partial charge in [-0.3, -0.25) is 9.59 Å². The minimum absolute atomic E-state index is 0.0570. The van der Waals surface area contributed by atoms with Gasteiger partial charge in [-0.05, 0) is 48.9 Å². The smallest absolute Gasteiger partial charge is 0.289 e. The summed E-state index contributed by atoms with van der Waals surface area (Å²) >= 11 is 0. The number of benzene rings is 2. The molecule has 2 amide bonds. The molecule has 1 heterocycles. The van der Waals surface area contributed by atoms with Crippen molar-refractivity contribution in [1.29, 1.82) is 0 Å². The summed E-state index contributed by atoms with van der Waals surface area (Å²) in [5.41, 5.74) is 1.54. The molecule has 0 radical (unpaired) electrons.